The van der Waals surface area contributed by atoms with E-state index in [0.717, 1.165) is 19.3 Å². The number of amides is 4. The van der Waals surface area contributed by atoms with Gasteiger partial charge in [-0.3, -0.25) is 14.5 Å². The first-order valence-corrected chi connectivity index (χ1v) is 16.9. The molecule has 4 amide bonds. The summed E-state index contributed by atoms with van der Waals surface area (Å²) in [5.74, 6) is -2.50. The Morgan fingerprint density at radius 1 is 1.12 bits per heavy atom. The molecule has 13 heteroatoms. The van der Waals surface area contributed by atoms with E-state index in [1.807, 2.05) is 0 Å². The molecule has 1 aromatic carbocycles. The van der Waals surface area contributed by atoms with Gasteiger partial charge in [0.15, 0.2) is 0 Å². The molecular weight excluding hydrogens is 623 g/mol. The molecule has 1 saturated carbocycles. The van der Waals surface area contributed by atoms with Crippen molar-refractivity contribution in [2.45, 2.75) is 122 Å². The number of carbonyl (C=O) groups excluding carboxylic acids is 5. The average molecular weight is 673 g/mol. The van der Waals surface area contributed by atoms with Crippen LogP contribution in [0.4, 0.5) is 14.0 Å². The summed E-state index contributed by atoms with van der Waals surface area (Å²) in [6.07, 6.45) is 3.17. The van der Waals surface area contributed by atoms with Gasteiger partial charge in [0.1, 0.15) is 35.1 Å². The Morgan fingerprint density at radius 3 is 2.50 bits per heavy atom. The lowest BCUT2D eigenvalue weighted by atomic mass is 10.1. The zero-order valence-electron chi connectivity index (χ0n) is 28.6. The Kier molecular flexibility index (Phi) is 11.7. The molecule has 0 spiro atoms. The summed E-state index contributed by atoms with van der Waals surface area (Å²) in [7, 11) is 0. The fourth-order valence-corrected chi connectivity index (χ4v) is 6.35. The van der Waals surface area contributed by atoms with E-state index in [0.29, 0.717) is 30.4 Å². The Labute approximate surface area is 281 Å². The molecular formula is C35H49FN4O8. The van der Waals surface area contributed by atoms with Crippen molar-refractivity contribution >= 4 is 30.0 Å². The number of carbonyl (C=O) groups is 5. The minimum Gasteiger partial charge on any atom is -0.464 e. The van der Waals surface area contributed by atoms with Crippen LogP contribution in [0.2, 0.25) is 0 Å². The van der Waals surface area contributed by atoms with Gasteiger partial charge in [0, 0.05) is 24.4 Å². The number of hydrogen-bond donors (Lipinski definition) is 2. The van der Waals surface area contributed by atoms with E-state index in [1.165, 1.54) is 15.9 Å². The smallest absolute Gasteiger partial charge is 0.410 e. The average Bonchev–Trinajstić information content (AvgIpc) is 3.32. The third-order valence-electron chi connectivity index (χ3n) is 8.92. The number of unbranched alkanes of at least 4 members (excludes halogenated alkanes) is 3. The molecule has 2 N–H and O–H groups in total. The molecule has 48 heavy (non-hydrogen) atoms. The Morgan fingerprint density at radius 2 is 1.88 bits per heavy atom. The van der Waals surface area contributed by atoms with Crippen molar-refractivity contribution in [2.24, 2.45) is 5.92 Å². The summed E-state index contributed by atoms with van der Waals surface area (Å²) < 4.78 is 30.8. The summed E-state index contributed by atoms with van der Waals surface area (Å²) in [6, 6.07) is 2.52. The largest absolute Gasteiger partial charge is 0.464 e. The zero-order valence-corrected chi connectivity index (χ0v) is 28.6. The molecule has 264 valence electrons. The van der Waals surface area contributed by atoms with Crippen LogP contribution in [-0.4, -0.2) is 82.2 Å². The van der Waals surface area contributed by atoms with Crippen LogP contribution in [0.5, 0.6) is 0 Å². The molecule has 5 atom stereocenters. The number of alkyl carbamates (subject to hydrolysis) is 1. The second kappa shape index (κ2) is 15.4. The van der Waals surface area contributed by atoms with Crippen molar-refractivity contribution in [3.63, 3.8) is 0 Å². The standard InChI is InChI=1S/C35H49FN4O8/c1-7-10-11-12-16-27(37-32(44)48-34(4,5)6)30(42)40-20-24(47-33(45)39-19-22-14-13-15-26(36)25(22)21-39)17-28(40)29(41)38-35(18-23(35)8-2)31(43)46-9-3/h8,13-15,23-24,27-28H,2,7,9-12,16-21H2,1,3-6H3,(H,37,44)(H,38,41)/t23-,24-,27+,28+,35-/m1/s1. The summed E-state index contributed by atoms with van der Waals surface area (Å²) in [6.45, 7) is 12.8. The minimum atomic E-state index is -1.31. The van der Waals surface area contributed by atoms with Gasteiger partial charge in [0.2, 0.25) is 11.8 Å². The van der Waals surface area contributed by atoms with Gasteiger partial charge in [-0.05, 0) is 52.2 Å². The summed E-state index contributed by atoms with van der Waals surface area (Å²) in [4.78, 5) is 69.8. The third-order valence-corrected chi connectivity index (χ3v) is 8.92. The predicted octanol–water partition coefficient (Wildman–Crippen LogP) is 4.74. The number of benzene rings is 1. The first kappa shape index (κ1) is 36.7. The third kappa shape index (κ3) is 8.65. The highest BCUT2D eigenvalue weighted by molar-refractivity contribution is 5.96. The first-order chi connectivity index (χ1) is 22.7. The molecule has 1 aromatic rings. The van der Waals surface area contributed by atoms with E-state index in [2.05, 4.69) is 24.1 Å². The van der Waals surface area contributed by atoms with Gasteiger partial charge < -0.3 is 29.7 Å². The van der Waals surface area contributed by atoms with Crippen LogP contribution in [0.25, 0.3) is 0 Å². The highest BCUT2D eigenvalue weighted by Crippen LogP contribution is 2.45. The van der Waals surface area contributed by atoms with E-state index in [1.54, 1.807) is 45.9 Å². The second-order valence-electron chi connectivity index (χ2n) is 13.8. The van der Waals surface area contributed by atoms with Gasteiger partial charge >= 0.3 is 18.2 Å². The molecule has 2 fully saturated rings. The van der Waals surface area contributed by atoms with E-state index in [-0.39, 0.29) is 38.6 Å². The molecule has 0 bridgehead atoms. The molecule has 0 radical (unpaired) electrons. The monoisotopic (exact) mass is 672 g/mol. The van der Waals surface area contributed by atoms with Gasteiger partial charge in [-0.25, -0.2) is 18.8 Å². The van der Waals surface area contributed by atoms with Crippen LogP contribution in [-0.2, 0) is 41.7 Å². The SMILES string of the molecule is C=C[C@@H]1C[C@]1(NC(=O)[C@@H]1C[C@@H](OC(=O)N2Cc3cccc(F)c3C2)CN1C(=O)[C@H](CCCCCC)NC(=O)OC(C)(C)C)C(=O)OCC. The summed E-state index contributed by atoms with van der Waals surface area (Å²) >= 11 is 0. The molecule has 1 aliphatic carbocycles. The molecule has 2 aliphatic heterocycles. The number of fused-ring (bicyclic) bond motifs is 1. The fourth-order valence-electron chi connectivity index (χ4n) is 6.35. The topological polar surface area (TPSA) is 144 Å². The van der Waals surface area contributed by atoms with Crippen LogP contribution in [0.15, 0.2) is 30.9 Å². The number of halogens is 1. The fraction of sp³-hybridized carbons (Fsp3) is 0.629. The van der Waals surface area contributed by atoms with Crippen molar-refractivity contribution in [3.8, 4) is 0 Å². The molecule has 1 saturated heterocycles. The van der Waals surface area contributed by atoms with Crippen LogP contribution < -0.4 is 10.6 Å². The lowest BCUT2D eigenvalue weighted by Crippen LogP contribution is -2.56. The highest BCUT2D eigenvalue weighted by atomic mass is 19.1. The number of likely N-dealkylation sites (tertiary alicyclic amines) is 1. The van der Waals surface area contributed by atoms with Crippen LogP contribution in [0.3, 0.4) is 0 Å². The number of nitrogens with zero attached hydrogens (tertiary/aromatic N) is 2. The number of ether oxygens (including phenoxy) is 3. The van der Waals surface area contributed by atoms with E-state index >= 15 is 0 Å². The minimum absolute atomic E-state index is 0.0325. The zero-order chi connectivity index (χ0) is 35.2. The van der Waals surface area contributed by atoms with Crippen molar-refractivity contribution in [3.05, 3.63) is 47.8 Å². The van der Waals surface area contributed by atoms with Crippen LogP contribution in [0, 0.1) is 11.7 Å². The van der Waals surface area contributed by atoms with Gasteiger partial charge in [-0.2, -0.15) is 0 Å². The molecule has 0 aromatic heterocycles. The number of hydrogen-bond acceptors (Lipinski definition) is 8. The lowest BCUT2D eigenvalue weighted by molar-refractivity contribution is -0.150. The molecule has 4 rings (SSSR count). The number of rotatable bonds is 13. The van der Waals surface area contributed by atoms with Crippen molar-refractivity contribution in [2.75, 3.05) is 13.2 Å². The Bertz CT molecular complexity index is 1400. The first-order valence-electron chi connectivity index (χ1n) is 16.9. The van der Waals surface area contributed by atoms with Gasteiger partial charge in [0.05, 0.1) is 19.7 Å². The number of esters is 1. The maximum absolute atomic E-state index is 14.4. The quantitative estimate of drug-likeness (QED) is 0.133. The van der Waals surface area contributed by atoms with Crippen LogP contribution in [0.1, 0.15) is 90.7 Å². The van der Waals surface area contributed by atoms with E-state index < -0.39 is 65.1 Å². The summed E-state index contributed by atoms with van der Waals surface area (Å²) in [5, 5.41) is 5.51. The van der Waals surface area contributed by atoms with Gasteiger partial charge in [-0.1, -0.05) is 50.8 Å². The van der Waals surface area contributed by atoms with E-state index in [4.69, 9.17) is 14.2 Å². The lowest BCUT2D eigenvalue weighted by Gasteiger charge is -2.30. The number of nitrogens with one attached hydrogen (secondary N) is 2. The molecule has 3 aliphatic rings. The second-order valence-corrected chi connectivity index (χ2v) is 13.8. The molecule has 12 nitrogen and oxygen atoms in total. The van der Waals surface area contributed by atoms with Crippen LogP contribution >= 0.6 is 0 Å². The van der Waals surface area contributed by atoms with Crippen molar-refractivity contribution in [1.82, 2.24) is 20.4 Å². The maximum Gasteiger partial charge on any atom is 0.410 e. The van der Waals surface area contributed by atoms with E-state index in [9.17, 15) is 28.4 Å². The van der Waals surface area contributed by atoms with Gasteiger partial charge in [-0.15, -0.1) is 6.58 Å². The molecule has 0 unspecified atom stereocenters. The highest BCUT2D eigenvalue weighted by Gasteiger charge is 2.62. The maximum atomic E-state index is 14.4. The molecule has 2 heterocycles. The van der Waals surface area contributed by atoms with Gasteiger partial charge in [0.25, 0.3) is 0 Å². The Balaban J connectivity index is 1.55. The van der Waals surface area contributed by atoms with Crippen molar-refractivity contribution < 1.29 is 42.6 Å². The summed E-state index contributed by atoms with van der Waals surface area (Å²) in [5.41, 5.74) is -1.02. The van der Waals surface area contributed by atoms with Crippen molar-refractivity contribution in [1.29, 1.82) is 0 Å². The Hall–Kier alpha value is -4.16. The normalized spacial score (nSPS) is 23.5. The predicted molar refractivity (Wildman–Crippen MR) is 174 cm³/mol.